The molecule has 1 heterocycles. The fourth-order valence-corrected chi connectivity index (χ4v) is 2.27. The minimum Gasteiger partial charge on any atom is -0.310 e. The van der Waals surface area contributed by atoms with Gasteiger partial charge in [-0.1, -0.05) is 52.4 Å². The molecule has 0 aliphatic heterocycles. The standard InChI is InChI=1S/C15H27N3/c1-3-5-6-7-8-9-10-15(16-4-2)14-11-12-17-18-13-14/h11-13,15-16H,3-10H2,1-2H3. The molecule has 0 radical (unpaired) electrons. The molecule has 0 saturated carbocycles. The minimum atomic E-state index is 0.441. The molecule has 0 spiro atoms. The lowest BCUT2D eigenvalue weighted by Crippen LogP contribution is -2.21. The summed E-state index contributed by atoms with van der Waals surface area (Å²) in [4.78, 5) is 0. The van der Waals surface area contributed by atoms with Crippen molar-refractivity contribution in [1.82, 2.24) is 15.5 Å². The van der Waals surface area contributed by atoms with Gasteiger partial charge in [0.05, 0.1) is 6.20 Å². The summed E-state index contributed by atoms with van der Waals surface area (Å²) in [6.07, 6.45) is 13.0. The van der Waals surface area contributed by atoms with Crippen molar-refractivity contribution in [1.29, 1.82) is 0 Å². The topological polar surface area (TPSA) is 37.8 Å². The molecule has 0 amide bonds. The van der Waals surface area contributed by atoms with Crippen LogP contribution in [-0.2, 0) is 0 Å². The Kier molecular flexibility index (Phi) is 8.40. The van der Waals surface area contributed by atoms with Crippen LogP contribution in [0.4, 0.5) is 0 Å². The van der Waals surface area contributed by atoms with Crippen LogP contribution in [0.5, 0.6) is 0 Å². The molecule has 18 heavy (non-hydrogen) atoms. The number of nitrogens with one attached hydrogen (secondary N) is 1. The van der Waals surface area contributed by atoms with Crippen LogP contribution in [0.3, 0.4) is 0 Å². The average Bonchev–Trinajstić information content (AvgIpc) is 2.42. The van der Waals surface area contributed by atoms with Gasteiger partial charge < -0.3 is 5.32 Å². The summed E-state index contributed by atoms with van der Waals surface area (Å²) in [7, 11) is 0. The minimum absolute atomic E-state index is 0.441. The van der Waals surface area contributed by atoms with Crippen molar-refractivity contribution < 1.29 is 0 Å². The SMILES string of the molecule is CCCCCCCCC(NCC)c1ccnnc1. The molecular weight excluding hydrogens is 222 g/mol. The Labute approximate surface area is 111 Å². The molecule has 102 valence electrons. The monoisotopic (exact) mass is 249 g/mol. The van der Waals surface area contributed by atoms with Crippen molar-refractivity contribution in [2.75, 3.05) is 6.54 Å². The lowest BCUT2D eigenvalue weighted by Gasteiger charge is -2.17. The van der Waals surface area contributed by atoms with Gasteiger partial charge in [-0.2, -0.15) is 10.2 Å². The molecule has 1 rings (SSSR count). The van der Waals surface area contributed by atoms with Crippen LogP contribution >= 0.6 is 0 Å². The van der Waals surface area contributed by atoms with Gasteiger partial charge in [0.15, 0.2) is 0 Å². The predicted octanol–water partition coefficient (Wildman–Crippen LogP) is 3.88. The fraction of sp³-hybridized carbons (Fsp3) is 0.733. The largest absolute Gasteiger partial charge is 0.310 e. The zero-order valence-corrected chi connectivity index (χ0v) is 11.9. The molecule has 0 bridgehead atoms. The summed E-state index contributed by atoms with van der Waals surface area (Å²) in [6.45, 7) is 5.42. The molecule has 1 aromatic heterocycles. The Balaban J connectivity index is 2.26. The number of nitrogens with zero attached hydrogens (tertiary/aromatic N) is 2. The molecule has 1 aromatic rings. The Bertz CT molecular complexity index is 287. The zero-order chi connectivity index (χ0) is 13.1. The summed E-state index contributed by atoms with van der Waals surface area (Å²) in [5, 5.41) is 11.3. The quantitative estimate of drug-likeness (QED) is 0.639. The molecule has 1 atom stereocenters. The molecular formula is C15H27N3. The first-order valence-corrected chi connectivity index (χ1v) is 7.38. The van der Waals surface area contributed by atoms with E-state index in [0.717, 1.165) is 6.54 Å². The second-order valence-electron chi connectivity index (χ2n) is 4.84. The van der Waals surface area contributed by atoms with Gasteiger partial charge in [-0.25, -0.2) is 0 Å². The van der Waals surface area contributed by atoms with Crippen LogP contribution in [-0.4, -0.2) is 16.7 Å². The van der Waals surface area contributed by atoms with Crippen LogP contribution in [0, 0.1) is 0 Å². The average molecular weight is 249 g/mol. The number of rotatable bonds is 10. The summed E-state index contributed by atoms with van der Waals surface area (Å²) in [5.74, 6) is 0. The maximum absolute atomic E-state index is 3.97. The Hall–Kier alpha value is -0.960. The van der Waals surface area contributed by atoms with Crippen LogP contribution < -0.4 is 5.32 Å². The van der Waals surface area contributed by atoms with Crippen molar-refractivity contribution in [3.05, 3.63) is 24.0 Å². The maximum Gasteiger partial charge on any atom is 0.0544 e. The first-order chi connectivity index (χ1) is 8.88. The van der Waals surface area contributed by atoms with Crippen LogP contribution in [0.15, 0.2) is 18.5 Å². The van der Waals surface area contributed by atoms with Gasteiger partial charge >= 0.3 is 0 Å². The molecule has 1 unspecified atom stereocenters. The molecule has 0 aromatic carbocycles. The summed E-state index contributed by atoms with van der Waals surface area (Å²) >= 11 is 0. The number of hydrogen-bond donors (Lipinski definition) is 1. The molecule has 0 saturated heterocycles. The number of unbranched alkanes of at least 4 members (excludes halogenated alkanes) is 5. The third-order valence-corrected chi connectivity index (χ3v) is 3.31. The highest BCUT2D eigenvalue weighted by Crippen LogP contribution is 2.19. The molecule has 0 aliphatic rings. The Morgan fingerprint density at radius 2 is 1.83 bits per heavy atom. The van der Waals surface area contributed by atoms with Crippen molar-refractivity contribution >= 4 is 0 Å². The highest BCUT2D eigenvalue weighted by atomic mass is 15.1. The Morgan fingerprint density at radius 1 is 1.06 bits per heavy atom. The van der Waals surface area contributed by atoms with Gasteiger partial charge in [-0.15, -0.1) is 0 Å². The zero-order valence-electron chi connectivity index (χ0n) is 11.9. The van der Waals surface area contributed by atoms with Crippen molar-refractivity contribution in [3.8, 4) is 0 Å². The van der Waals surface area contributed by atoms with Gasteiger partial charge in [0.2, 0.25) is 0 Å². The second kappa shape index (κ2) is 10.0. The van der Waals surface area contributed by atoms with E-state index < -0.39 is 0 Å². The van der Waals surface area contributed by atoms with E-state index in [2.05, 4.69) is 35.4 Å². The van der Waals surface area contributed by atoms with Crippen LogP contribution in [0.1, 0.15) is 70.4 Å². The van der Waals surface area contributed by atoms with E-state index >= 15 is 0 Å². The predicted molar refractivity (Wildman–Crippen MR) is 76.4 cm³/mol. The van der Waals surface area contributed by atoms with E-state index in [1.54, 1.807) is 6.20 Å². The third kappa shape index (κ3) is 6.10. The van der Waals surface area contributed by atoms with E-state index in [1.807, 2.05) is 6.20 Å². The summed E-state index contributed by atoms with van der Waals surface area (Å²) in [6, 6.07) is 2.51. The first kappa shape index (κ1) is 15.1. The van der Waals surface area contributed by atoms with Gasteiger partial charge in [0.1, 0.15) is 0 Å². The van der Waals surface area contributed by atoms with E-state index in [-0.39, 0.29) is 0 Å². The third-order valence-electron chi connectivity index (χ3n) is 3.31. The highest BCUT2D eigenvalue weighted by Gasteiger charge is 2.09. The van der Waals surface area contributed by atoms with E-state index in [9.17, 15) is 0 Å². The molecule has 0 aliphatic carbocycles. The van der Waals surface area contributed by atoms with Crippen molar-refractivity contribution in [3.63, 3.8) is 0 Å². The fourth-order valence-electron chi connectivity index (χ4n) is 2.27. The molecule has 1 N–H and O–H groups in total. The van der Waals surface area contributed by atoms with E-state index in [1.165, 1.54) is 50.5 Å². The van der Waals surface area contributed by atoms with Crippen LogP contribution in [0.25, 0.3) is 0 Å². The molecule has 0 fully saturated rings. The van der Waals surface area contributed by atoms with Gasteiger partial charge in [-0.05, 0) is 24.6 Å². The smallest absolute Gasteiger partial charge is 0.0544 e. The summed E-state index contributed by atoms with van der Waals surface area (Å²) in [5.41, 5.74) is 1.26. The van der Waals surface area contributed by atoms with Gasteiger partial charge in [-0.3, -0.25) is 0 Å². The van der Waals surface area contributed by atoms with E-state index in [4.69, 9.17) is 0 Å². The lowest BCUT2D eigenvalue weighted by atomic mass is 10.0. The van der Waals surface area contributed by atoms with Crippen LogP contribution in [0.2, 0.25) is 0 Å². The number of aromatic nitrogens is 2. The van der Waals surface area contributed by atoms with E-state index in [0.29, 0.717) is 6.04 Å². The molecule has 3 heteroatoms. The number of hydrogen-bond acceptors (Lipinski definition) is 3. The highest BCUT2D eigenvalue weighted by molar-refractivity contribution is 5.11. The summed E-state index contributed by atoms with van der Waals surface area (Å²) < 4.78 is 0. The van der Waals surface area contributed by atoms with Crippen molar-refractivity contribution in [2.45, 2.75) is 64.8 Å². The molecule has 3 nitrogen and oxygen atoms in total. The Morgan fingerprint density at radius 3 is 2.50 bits per heavy atom. The second-order valence-corrected chi connectivity index (χ2v) is 4.84. The lowest BCUT2D eigenvalue weighted by molar-refractivity contribution is 0.475. The normalized spacial score (nSPS) is 12.6. The van der Waals surface area contributed by atoms with Gasteiger partial charge in [0.25, 0.3) is 0 Å². The van der Waals surface area contributed by atoms with Crippen molar-refractivity contribution in [2.24, 2.45) is 0 Å². The first-order valence-electron chi connectivity index (χ1n) is 7.38. The maximum atomic E-state index is 3.97. The van der Waals surface area contributed by atoms with Gasteiger partial charge in [0, 0.05) is 12.2 Å².